The third-order valence-corrected chi connectivity index (χ3v) is 5.94. The van der Waals surface area contributed by atoms with Crippen molar-refractivity contribution in [1.82, 2.24) is 24.5 Å². The molecule has 5 rings (SSSR count). The van der Waals surface area contributed by atoms with Gasteiger partial charge in [-0.2, -0.15) is 10.2 Å². The summed E-state index contributed by atoms with van der Waals surface area (Å²) in [6.07, 6.45) is 5.52. The second-order valence-electron chi connectivity index (χ2n) is 8.33. The van der Waals surface area contributed by atoms with Crippen molar-refractivity contribution in [3.05, 3.63) is 41.5 Å². The van der Waals surface area contributed by atoms with Gasteiger partial charge in [0, 0.05) is 23.7 Å². The largest absolute Gasteiger partial charge is 0.312 e. The van der Waals surface area contributed by atoms with Crippen molar-refractivity contribution < 1.29 is 4.79 Å². The Morgan fingerprint density at radius 2 is 1.93 bits per heavy atom. The molecule has 7 heteroatoms. The molecule has 0 bridgehead atoms. The fourth-order valence-electron chi connectivity index (χ4n) is 4.68. The fraction of sp³-hybridized carbons (Fsp3) is 0.409. The normalized spacial score (nSPS) is 15.7. The van der Waals surface area contributed by atoms with Gasteiger partial charge >= 0.3 is 0 Å². The molecular formula is C22H26N6O. The molecule has 7 nitrogen and oxygen atoms in total. The number of fused-ring (bicyclic) bond motifs is 3. The lowest BCUT2D eigenvalue weighted by molar-refractivity contribution is -0.105. The third kappa shape index (κ3) is 3.15. The summed E-state index contributed by atoms with van der Waals surface area (Å²) in [6.45, 7) is 1.61. The number of anilines is 1. The minimum Gasteiger partial charge on any atom is -0.312 e. The van der Waals surface area contributed by atoms with Crippen LogP contribution in [0.5, 0.6) is 0 Å². The zero-order valence-corrected chi connectivity index (χ0v) is 16.9. The van der Waals surface area contributed by atoms with Crippen LogP contribution in [0.4, 0.5) is 5.82 Å². The van der Waals surface area contributed by atoms with Crippen molar-refractivity contribution in [3.63, 3.8) is 0 Å². The van der Waals surface area contributed by atoms with Crippen LogP contribution in [0.2, 0.25) is 0 Å². The lowest BCUT2D eigenvalue weighted by Gasteiger charge is -2.13. The summed E-state index contributed by atoms with van der Waals surface area (Å²) >= 11 is 0. The number of carbonyl (C=O) groups is 1. The molecule has 0 atom stereocenters. The monoisotopic (exact) mass is 390 g/mol. The maximum absolute atomic E-state index is 10.8. The molecule has 150 valence electrons. The van der Waals surface area contributed by atoms with Gasteiger partial charge in [-0.05, 0) is 32.5 Å². The summed E-state index contributed by atoms with van der Waals surface area (Å²) in [5.74, 6) is 0.592. The van der Waals surface area contributed by atoms with E-state index in [-0.39, 0.29) is 0 Å². The number of rotatable bonds is 6. The number of hydrogen-bond donors (Lipinski definition) is 1. The number of nitrogens with one attached hydrogen (secondary N) is 1. The van der Waals surface area contributed by atoms with Crippen molar-refractivity contribution in [2.24, 2.45) is 0 Å². The van der Waals surface area contributed by atoms with E-state index in [2.05, 4.69) is 58.4 Å². The van der Waals surface area contributed by atoms with E-state index < -0.39 is 0 Å². The number of aromatic nitrogens is 4. The van der Waals surface area contributed by atoms with Gasteiger partial charge in [-0.25, -0.2) is 0 Å². The maximum atomic E-state index is 10.8. The second kappa shape index (κ2) is 7.15. The molecule has 0 saturated heterocycles. The Balaban J connectivity index is 1.58. The van der Waals surface area contributed by atoms with E-state index >= 15 is 0 Å². The van der Waals surface area contributed by atoms with Gasteiger partial charge in [0.2, 0.25) is 6.41 Å². The first-order valence-corrected chi connectivity index (χ1v) is 10.3. The molecule has 0 unspecified atom stereocenters. The molecule has 3 heterocycles. The topological polar surface area (TPSA) is 68.0 Å². The lowest BCUT2D eigenvalue weighted by Crippen LogP contribution is -2.10. The Morgan fingerprint density at radius 3 is 2.62 bits per heavy atom. The van der Waals surface area contributed by atoms with Gasteiger partial charge in [0.05, 0.1) is 29.7 Å². The van der Waals surface area contributed by atoms with Gasteiger partial charge < -0.3 is 10.2 Å². The average molecular weight is 390 g/mol. The minimum absolute atomic E-state index is 0.439. The third-order valence-electron chi connectivity index (χ3n) is 5.94. The van der Waals surface area contributed by atoms with Crippen LogP contribution in [-0.2, 0) is 17.9 Å². The first kappa shape index (κ1) is 18.1. The minimum atomic E-state index is 0.439. The van der Waals surface area contributed by atoms with Gasteiger partial charge in [0.1, 0.15) is 0 Å². The highest BCUT2D eigenvalue weighted by molar-refractivity contribution is 5.79. The van der Waals surface area contributed by atoms with Crippen molar-refractivity contribution in [2.75, 3.05) is 19.4 Å². The molecule has 1 saturated carbocycles. The summed E-state index contributed by atoms with van der Waals surface area (Å²) in [7, 11) is 4.17. The predicted octanol–water partition coefficient (Wildman–Crippen LogP) is 3.52. The first-order valence-electron chi connectivity index (χ1n) is 10.3. The van der Waals surface area contributed by atoms with Crippen molar-refractivity contribution in [1.29, 1.82) is 0 Å². The highest BCUT2D eigenvalue weighted by Crippen LogP contribution is 2.43. The van der Waals surface area contributed by atoms with Crippen LogP contribution in [0.25, 0.3) is 22.6 Å². The van der Waals surface area contributed by atoms with Crippen molar-refractivity contribution in [3.8, 4) is 22.6 Å². The summed E-state index contributed by atoms with van der Waals surface area (Å²) in [5, 5.41) is 12.3. The standard InChI is InChI=1S/C22H26N6O/c1-26(2)12-15-7-9-16(10-8-15)21-18-13-27-19(11-20(24-27)23-14-29)22(18)28(25-21)17-5-3-4-6-17/h7-11,14,17H,3-6,12-13H2,1-2H3,(H,23,24,29). The molecule has 2 aromatic heterocycles. The summed E-state index contributed by atoms with van der Waals surface area (Å²) in [4.78, 5) is 13.0. The van der Waals surface area contributed by atoms with Gasteiger partial charge in [0.25, 0.3) is 0 Å². The molecule has 1 aliphatic heterocycles. The average Bonchev–Trinajstić information content (AvgIpc) is 3.44. The number of amides is 1. The van der Waals surface area contributed by atoms with Gasteiger partial charge in [-0.1, -0.05) is 37.1 Å². The Bertz CT molecular complexity index is 1040. The smallest absolute Gasteiger partial charge is 0.212 e. The Labute approximate surface area is 170 Å². The van der Waals surface area contributed by atoms with Gasteiger partial charge in [-0.3, -0.25) is 14.2 Å². The molecule has 1 N–H and O–H groups in total. The molecule has 3 aromatic rings. The van der Waals surface area contributed by atoms with E-state index in [1.54, 1.807) is 0 Å². The van der Waals surface area contributed by atoms with E-state index in [1.807, 2.05) is 10.7 Å². The quantitative estimate of drug-likeness (QED) is 0.512. The van der Waals surface area contributed by atoms with E-state index in [4.69, 9.17) is 5.10 Å². The number of benzene rings is 1. The lowest BCUT2D eigenvalue weighted by atomic mass is 10.0. The van der Waals surface area contributed by atoms with Gasteiger partial charge in [0.15, 0.2) is 5.82 Å². The van der Waals surface area contributed by atoms with Crippen LogP contribution >= 0.6 is 0 Å². The first-order chi connectivity index (χ1) is 14.1. The van der Waals surface area contributed by atoms with E-state index in [1.165, 1.54) is 36.8 Å². The molecule has 1 amide bonds. The molecule has 1 fully saturated rings. The second-order valence-corrected chi connectivity index (χ2v) is 8.33. The van der Waals surface area contributed by atoms with E-state index in [9.17, 15) is 4.79 Å². The molecule has 1 aliphatic carbocycles. The maximum Gasteiger partial charge on any atom is 0.212 e. The van der Waals surface area contributed by atoms with Crippen LogP contribution in [0, 0.1) is 0 Å². The van der Waals surface area contributed by atoms with Crippen LogP contribution < -0.4 is 5.32 Å². The van der Waals surface area contributed by atoms with Gasteiger partial charge in [-0.15, -0.1) is 0 Å². The van der Waals surface area contributed by atoms with Crippen LogP contribution in [0.3, 0.4) is 0 Å². The van der Waals surface area contributed by atoms with E-state index in [0.29, 0.717) is 24.8 Å². The van der Waals surface area contributed by atoms with E-state index in [0.717, 1.165) is 29.2 Å². The molecule has 0 radical (unpaired) electrons. The number of hydrogen-bond acceptors (Lipinski definition) is 4. The molecule has 1 aromatic carbocycles. The SMILES string of the molecule is CN(C)Cc1ccc(-c2nn(C3CCCC3)c3c2Cn2nc(NC=O)cc2-3)cc1. The molecule has 2 aliphatic rings. The van der Waals surface area contributed by atoms with Crippen LogP contribution in [-0.4, -0.2) is 45.0 Å². The predicted molar refractivity (Wildman–Crippen MR) is 113 cm³/mol. The zero-order valence-electron chi connectivity index (χ0n) is 16.9. The summed E-state index contributed by atoms with van der Waals surface area (Å²) in [5.41, 5.74) is 6.94. The zero-order chi connectivity index (χ0) is 20.0. The fourth-order valence-corrected chi connectivity index (χ4v) is 4.68. The Hall–Kier alpha value is -2.93. The van der Waals surface area contributed by atoms with Crippen molar-refractivity contribution in [2.45, 2.75) is 44.8 Å². The Kier molecular flexibility index (Phi) is 4.47. The molecular weight excluding hydrogens is 364 g/mol. The highest BCUT2D eigenvalue weighted by atomic mass is 16.1. The van der Waals surface area contributed by atoms with Crippen LogP contribution in [0.15, 0.2) is 30.3 Å². The molecule has 0 spiro atoms. The van der Waals surface area contributed by atoms with Crippen molar-refractivity contribution >= 4 is 12.2 Å². The number of carbonyl (C=O) groups excluding carboxylic acids is 1. The Morgan fingerprint density at radius 1 is 1.17 bits per heavy atom. The number of nitrogens with zero attached hydrogens (tertiary/aromatic N) is 5. The summed E-state index contributed by atoms with van der Waals surface area (Å²) < 4.78 is 4.21. The van der Waals surface area contributed by atoms with Crippen LogP contribution in [0.1, 0.15) is 42.9 Å². The highest BCUT2D eigenvalue weighted by Gasteiger charge is 2.33. The molecule has 29 heavy (non-hydrogen) atoms. The summed E-state index contributed by atoms with van der Waals surface area (Å²) in [6, 6.07) is 11.1.